The molecule has 0 saturated carbocycles. The quantitative estimate of drug-likeness (QED) is 0.0659. The third-order valence-corrected chi connectivity index (χ3v) is 11.0. The number of esters is 1. The molecule has 14 nitrogen and oxygen atoms in total. The van der Waals surface area contributed by atoms with Crippen molar-refractivity contribution < 1.29 is 33.5 Å². The number of ether oxygens (including phenoxy) is 1. The molecule has 1 aliphatic heterocycles. The number of nitrogens with zero attached hydrogens (tertiary/aromatic N) is 6. The van der Waals surface area contributed by atoms with Gasteiger partial charge in [0.05, 0.1) is 31.8 Å². The van der Waals surface area contributed by atoms with Crippen LogP contribution in [0.4, 0.5) is 0 Å². The van der Waals surface area contributed by atoms with Gasteiger partial charge in [0.2, 0.25) is 5.91 Å². The Morgan fingerprint density at radius 3 is 1.59 bits per heavy atom. The fraction of sp³-hybridized carbons (Fsp3) is 0.180. The van der Waals surface area contributed by atoms with Crippen molar-refractivity contribution in [2.75, 3.05) is 20.8 Å². The molecule has 2 atom stereocenters. The predicted molar refractivity (Wildman–Crippen MR) is 292 cm³/mol. The SMILES string of the molecule is C.CCOC(=O)CC(C(=O)c1ccccc1)c1ccncc1.CON(C)C(=O)c1ccccc1.Cc1ccncc1.O=C(Cc1ccncc1)c1ccccc1.O=C1CC(c2ccncc2)C(c2ccccc2)=NN1. The summed E-state index contributed by atoms with van der Waals surface area (Å²) >= 11 is 0. The zero-order valence-electron chi connectivity index (χ0n) is 41.8. The third-order valence-electron chi connectivity index (χ3n) is 11.0. The van der Waals surface area contributed by atoms with Gasteiger partial charge in [-0.2, -0.15) is 5.10 Å². The van der Waals surface area contributed by atoms with E-state index in [2.05, 4.69) is 30.5 Å². The van der Waals surface area contributed by atoms with E-state index in [-0.39, 0.29) is 49.1 Å². The molecule has 4 aromatic heterocycles. The second-order valence-corrected chi connectivity index (χ2v) is 16.2. The predicted octanol–water partition coefficient (Wildman–Crippen LogP) is 10.9. The molecule has 0 saturated heterocycles. The molecule has 1 N–H and O–H groups in total. The number of benzene rings is 4. The highest BCUT2D eigenvalue weighted by Gasteiger charge is 2.27. The van der Waals surface area contributed by atoms with Gasteiger partial charge in [0, 0.05) is 92.1 Å². The Kier molecular flexibility index (Phi) is 25.5. The van der Waals surface area contributed by atoms with Crippen molar-refractivity contribution >= 4 is 35.1 Å². The van der Waals surface area contributed by atoms with Crippen molar-refractivity contribution in [1.82, 2.24) is 30.4 Å². The number of carbonyl (C=O) groups is 5. The van der Waals surface area contributed by atoms with Crippen LogP contribution in [0.5, 0.6) is 0 Å². The van der Waals surface area contributed by atoms with E-state index in [1.807, 2.05) is 128 Å². The third kappa shape index (κ3) is 20.1. The van der Waals surface area contributed by atoms with Gasteiger partial charge in [-0.15, -0.1) is 0 Å². The molecule has 9 rings (SSSR count). The Morgan fingerprint density at radius 2 is 1.09 bits per heavy atom. The lowest BCUT2D eigenvalue weighted by Gasteiger charge is -2.23. The van der Waals surface area contributed by atoms with Crippen LogP contribution in [0.1, 0.15) is 97.9 Å². The average Bonchev–Trinajstić information content (AvgIpc) is 3.46. The van der Waals surface area contributed by atoms with Crippen LogP contribution in [0.15, 0.2) is 225 Å². The molecule has 0 spiro atoms. The second kappa shape index (κ2) is 32.8. The molecular formula is C61H63N7O7. The normalized spacial score (nSPS) is 12.3. The fourth-order valence-electron chi connectivity index (χ4n) is 7.11. The molecule has 1 aliphatic rings. The Balaban J connectivity index is 0.000000209. The van der Waals surface area contributed by atoms with Crippen molar-refractivity contribution in [3.05, 3.63) is 264 Å². The summed E-state index contributed by atoms with van der Waals surface area (Å²) in [6.45, 7) is 4.10. The van der Waals surface area contributed by atoms with Gasteiger partial charge in [0.1, 0.15) is 0 Å². The van der Waals surface area contributed by atoms with Gasteiger partial charge in [-0.1, -0.05) is 117 Å². The van der Waals surface area contributed by atoms with Crippen molar-refractivity contribution in [3.8, 4) is 0 Å². The van der Waals surface area contributed by atoms with Gasteiger partial charge in [-0.05, 0) is 102 Å². The standard InChI is InChI=1S/C17H17NO3.C15H13N3O.C13H11NO.C9H11NO2.C6H7N.CH4/c1-2-21-16(19)12-15(13-8-10-18-11-9-13)17(20)14-6-4-3-5-7-14;19-14-10-13(11-6-8-16-9-7-11)15(18-17-14)12-4-2-1-3-5-12;15-13(12-4-2-1-3-5-12)10-11-6-8-14-9-7-11;1-10(12-2)9(11)8-6-4-3-5-7-8;1-6-2-4-7-5-3-6;/h3-11,15H,2,12H2,1H3;1-9,13H,10H2,(H,17,19);1-9H,10H2;3-7H,1-2H3;2-5H,1H3;1H4. The number of hydroxylamine groups is 2. The maximum Gasteiger partial charge on any atom is 0.306 e. The first kappa shape index (κ1) is 58.4. The van der Waals surface area contributed by atoms with E-state index in [9.17, 15) is 24.0 Å². The molecule has 0 radical (unpaired) electrons. The van der Waals surface area contributed by atoms with Crippen LogP contribution >= 0.6 is 0 Å². The molecule has 0 fully saturated rings. The summed E-state index contributed by atoms with van der Waals surface area (Å²) in [5.74, 6) is -1.08. The number of Topliss-reactive ketones (excluding diaryl/α,β-unsaturated/α-hetero) is 2. The van der Waals surface area contributed by atoms with E-state index in [1.165, 1.54) is 17.7 Å². The summed E-state index contributed by atoms with van der Waals surface area (Å²) in [7, 11) is 3.04. The number of pyridine rings is 4. The summed E-state index contributed by atoms with van der Waals surface area (Å²) < 4.78 is 4.97. The summed E-state index contributed by atoms with van der Waals surface area (Å²) in [5, 5.41) is 5.43. The Hall–Kier alpha value is -9.14. The van der Waals surface area contributed by atoms with Crippen molar-refractivity contribution in [1.29, 1.82) is 0 Å². The lowest BCUT2D eigenvalue weighted by atomic mass is 9.87. The number of carbonyl (C=O) groups excluding carboxylic acids is 5. The number of rotatable bonds is 13. The first-order chi connectivity index (χ1) is 36.1. The van der Waals surface area contributed by atoms with Gasteiger partial charge in [0.15, 0.2) is 11.6 Å². The first-order valence-electron chi connectivity index (χ1n) is 23.7. The number of ketones is 2. The number of aromatic nitrogens is 4. The van der Waals surface area contributed by atoms with Crippen molar-refractivity contribution in [2.24, 2.45) is 5.10 Å². The molecule has 384 valence electrons. The van der Waals surface area contributed by atoms with Crippen LogP contribution in [-0.4, -0.2) is 80.8 Å². The number of amides is 2. The smallest absolute Gasteiger partial charge is 0.306 e. The minimum atomic E-state index is -0.547. The highest BCUT2D eigenvalue weighted by molar-refractivity contribution is 6.08. The van der Waals surface area contributed by atoms with Crippen LogP contribution in [0.25, 0.3) is 0 Å². The van der Waals surface area contributed by atoms with Gasteiger partial charge in [-0.3, -0.25) is 48.7 Å². The van der Waals surface area contributed by atoms with Gasteiger partial charge in [0.25, 0.3) is 5.91 Å². The maximum atomic E-state index is 12.7. The number of hydrazone groups is 1. The molecule has 4 aromatic carbocycles. The second-order valence-electron chi connectivity index (χ2n) is 16.2. The summed E-state index contributed by atoms with van der Waals surface area (Å²) in [6.07, 6.45) is 14.6. The van der Waals surface area contributed by atoms with Crippen LogP contribution in [-0.2, 0) is 25.6 Å². The number of hydrogen-bond donors (Lipinski definition) is 1. The summed E-state index contributed by atoms with van der Waals surface area (Å²) in [6, 6.07) is 52.2. The highest BCUT2D eigenvalue weighted by Crippen LogP contribution is 2.27. The Morgan fingerprint density at radius 1 is 0.627 bits per heavy atom. The minimum Gasteiger partial charge on any atom is -0.466 e. The molecule has 0 aliphatic carbocycles. The van der Waals surface area contributed by atoms with Crippen molar-refractivity contribution in [3.63, 3.8) is 0 Å². The van der Waals surface area contributed by atoms with E-state index >= 15 is 0 Å². The minimum absolute atomic E-state index is 0. The lowest BCUT2D eigenvalue weighted by molar-refractivity contribution is -0.143. The molecule has 8 aromatic rings. The average molecular weight is 1010 g/mol. The zero-order chi connectivity index (χ0) is 52.8. The van der Waals surface area contributed by atoms with E-state index in [0.29, 0.717) is 30.6 Å². The van der Waals surface area contributed by atoms with Crippen LogP contribution < -0.4 is 5.43 Å². The molecule has 75 heavy (non-hydrogen) atoms. The fourth-order valence-corrected chi connectivity index (χ4v) is 7.11. The molecule has 2 unspecified atom stereocenters. The van der Waals surface area contributed by atoms with Gasteiger partial charge >= 0.3 is 5.97 Å². The van der Waals surface area contributed by atoms with E-state index in [0.717, 1.165) is 33.5 Å². The molecule has 2 amide bonds. The van der Waals surface area contributed by atoms with Crippen LogP contribution in [0.2, 0.25) is 0 Å². The largest absolute Gasteiger partial charge is 0.466 e. The Labute approximate surface area is 439 Å². The lowest BCUT2D eigenvalue weighted by Crippen LogP contribution is -2.32. The van der Waals surface area contributed by atoms with Crippen molar-refractivity contribution in [2.45, 2.75) is 52.4 Å². The topological polar surface area (TPSA) is 183 Å². The van der Waals surface area contributed by atoms with Crippen LogP contribution in [0, 0.1) is 6.92 Å². The monoisotopic (exact) mass is 1010 g/mol. The molecule has 14 heteroatoms. The maximum absolute atomic E-state index is 12.7. The number of aryl methyl sites for hydroxylation is 1. The molecule has 0 bridgehead atoms. The molecule has 5 heterocycles. The highest BCUT2D eigenvalue weighted by atomic mass is 16.7. The first-order valence-corrected chi connectivity index (χ1v) is 23.7. The van der Waals surface area contributed by atoms with Crippen LogP contribution in [0.3, 0.4) is 0 Å². The van der Waals surface area contributed by atoms with E-state index < -0.39 is 5.92 Å². The summed E-state index contributed by atoms with van der Waals surface area (Å²) in [5.41, 5.74) is 10.6. The number of nitrogens with one attached hydrogen (secondary N) is 1. The Bertz CT molecular complexity index is 2940. The summed E-state index contributed by atoms with van der Waals surface area (Å²) in [4.78, 5) is 79.7. The van der Waals surface area contributed by atoms with E-state index in [4.69, 9.17) is 9.57 Å². The zero-order valence-corrected chi connectivity index (χ0v) is 41.8. The van der Waals surface area contributed by atoms with Gasteiger partial charge < -0.3 is 4.74 Å². The van der Waals surface area contributed by atoms with Gasteiger partial charge in [-0.25, -0.2) is 10.5 Å². The number of hydrogen-bond acceptors (Lipinski definition) is 12. The van der Waals surface area contributed by atoms with E-state index in [1.54, 1.807) is 112 Å². The molecular weight excluding hydrogens is 943 g/mol.